The quantitative estimate of drug-likeness (QED) is 0.792. The van der Waals surface area contributed by atoms with Crippen LogP contribution in [0.3, 0.4) is 0 Å². The zero-order valence-electron chi connectivity index (χ0n) is 13.5. The molecule has 3 rings (SSSR count). The molecular weight excluding hydrogens is 312 g/mol. The number of phenols is 1. The van der Waals surface area contributed by atoms with Crippen molar-refractivity contribution in [3.8, 4) is 34.3 Å². The van der Waals surface area contributed by atoms with Gasteiger partial charge < -0.3 is 23.7 Å². The van der Waals surface area contributed by atoms with Crippen molar-refractivity contribution in [3.05, 3.63) is 46.8 Å². The van der Waals surface area contributed by atoms with Crippen molar-refractivity contribution in [2.24, 2.45) is 0 Å². The number of phenolic OH excluding ortho intramolecular Hbond substituents is 1. The molecule has 0 amide bonds. The van der Waals surface area contributed by atoms with E-state index in [-0.39, 0.29) is 16.9 Å². The molecule has 0 saturated carbocycles. The van der Waals surface area contributed by atoms with Crippen LogP contribution in [0, 0.1) is 0 Å². The smallest absolute Gasteiger partial charge is 0.347 e. The lowest BCUT2D eigenvalue weighted by Crippen LogP contribution is -2.03. The van der Waals surface area contributed by atoms with Crippen LogP contribution in [-0.2, 0) is 0 Å². The Labute approximate surface area is 137 Å². The molecular formula is C18H16O6. The average molecular weight is 328 g/mol. The zero-order chi connectivity index (χ0) is 17.3. The highest BCUT2D eigenvalue weighted by atomic mass is 16.5. The van der Waals surface area contributed by atoms with Crippen molar-refractivity contribution in [3.63, 3.8) is 0 Å². The molecule has 2 aromatic carbocycles. The Bertz CT molecular complexity index is 958. The Morgan fingerprint density at radius 2 is 1.58 bits per heavy atom. The summed E-state index contributed by atoms with van der Waals surface area (Å²) in [4.78, 5) is 12.4. The maximum Gasteiger partial charge on any atom is 0.347 e. The molecule has 0 aliphatic carbocycles. The van der Waals surface area contributed by atoms with Gasteiger partial charge in [-0.15, -0.1) is 0 Å². The molecule has 0 fully saturated rings. The molecule has 0 bridgehead atoms. The van der Waals surface area contributed by atoms with Gasteiger partial charge in [-0.2, -0.15) is 0 Å². The van der Waals surface area contributed by atoms with E-state index in [1.807, 2.05) is 0 Å². The van der Waals surface area contributed by atoms with Gasteiger partial charge in [0.25, 0.3) is 0 Å². The third-order valence-electron chi connectivity index (χ3n) is 3.70. The van der Waals surface area contributed by atoms with Gasteiger partial charge >= 0.3 is 5.63 Å². The fourth-order valence-corrected chi connectivity index (χ4v) is 2.57. The van der Waals surface area contributed by atoms with E-state index in [2.05, 4.69) is 0 Å². The van der Waals surface area contributed by atoms with Crippen LogP contribution >= 0.6 is 0 Å². The van der Waals surface area contributed by atoms with E-state index in [0.717, 1.165) is 0 Å². The molecule has 1 N–H and O–H groups in total. The highest BCUT2D eigenvalue weighted by Gasteiger charge is 2.14. The van der Waals surface area contributed by atoms with Gasteiger partial charge in [0, 0.05) is 17.0 Å². The standard InChI is InChI=1S/C18H16O6/c1-21-13-5-4-10(7-15(13)22-2)14-8-11-6-12(19)9-16(23-3)17(11)18(20)24-14/h4-9,19H,1-3H3. The minimum atomic E-state index is -0.547. The Hall–Kier alpha value is -3.15. The first kappa shape index (κ1) is 15.7. The van der Waals surface area contributed by atoms with Gasteiger partial charge in [0.1, 0.15) is 22.6 Å². The number of fused-ring (bicyclic) bond motifs is 1. The van der Waals surface area contributed by atoms with Crippen LogP contribution in [-0.4, -0.2) is 26.4 Å². The number of hydrogen-bond acceptors (Lipinski definition) is 6. The molecule has 6 nitrogen and oxygen atoms in total. The number of aromatic hydroxyl groups is 1. The van der Waals surface area contributed by atoms with Crippen LogP contribution in [0.1, 0.15) is 0 Å². The van der Waals surface area contributed by atoms with E-state index in [9.17, 15) is 9.90 Å². The number of ether oxygens (including phenoxy) is 3. The summed E-state index contributed by atoms with van der Waals surface area (Å²) in [5, 5.41) is 10.6. The van der Waals surface area contributed by atoms with Crippen LogP contribution < -0.4 is 19.8 Å². The molecule has 3 aromatic rings. The van der Waals surface area contributed by atoms with Gasteiger partial charge in [-0.25, -0.2) is 4.79 Å². The Kier molecular flexibility index (Phi) is 4.04. The molecule has 0 aliphatic heterocycles. The molecule has 124 valence electrons. The maximum absolute atomic E-state index is 12.4. The van der Waals surface area contributed by atoms with Crippen LogP contribution in [0.15, 0.2) is 45.6 Å². The zero-order valence-corrected chi connectivity index (χ0v) is 13.5. The Morgan fingerprint density at radius 3 is 2.25 bits per heavy atom. The van der Waals surface area contributed by atoms with E-state index < -0.39 is 5.63 Å². The molecule has 0 radical (unpaired) electrons. The lowest BCUT2D eigenvalue weighted by molar-refractivity contribution is 0.355. The van der Waals surface area contributed by atoms with Crippen LogP contribution in [0.4, 0.5) is 0 Å². The van der Waals surface area contributed by atoms with Gasteiger partial charge in [0.05, 0.1) is 21.3 Å². The summed E-state index contributed by atoms with van der Waals surface area (Å²) in [6.07, 6.45) is 0. The number of rotatable bonds is 4. The van der Waals surface area contributed by atoms with Crippen LogP contribution in [0.5, 0.6) is 23.0 Å². The fourth-order valence-electron chi connectivity index (χ4n) is 2.57. The minimum Gasteiger partial charge on any atom is -0.508 e. The Balaban J connectivity index is 2.23. The summed E-state index contributed by atoms with van der Waals surface area (Å²) >= 11 is 0. The minimum absolute atomic E-state index is 0.00297. The second-order valence-electron chi connectivity index (χ2n) is 5.08. The van der Waals surface area contributed by atoms with E-state index in [0.29, 0.717) is 28.2 Å². The van der Waals surface area contributed by atoms with Crippen molar-refractivity contribution in [2.75, 3.05) is 21.3 Å². The van der Waals surface area contributed by atoms with Crippen molar-refractivity contribution < 1.29 is 23.7 Å². The first-order valence-corrected chi connectivity index (χ1v) is 7.14. The molecule has 1 heterocycles. The summed E-state index contributed by atoms with van der Waals surface area (Å²) in [6, 6.07) is 9.71. The number of methoxy groups -OCH3 is 3. The summed E-state index contributed by atoms with van der Waals surface area (Å²) in [7, 11) is 4.50. The SMILES string of the molecule is COc1ccc(-c2cc3cc(O)cc(OC)c3c(=O)o2)cc1OC. The molecule has 0 unspecified atom stereocenters. The third-order valence-corrected chi connectivity index (χ3v) is 3.70. The third kappa shape index (κ3) is 2.62. The molecule has 0 spiro atoms. The van der Waals surface area contributed by atoms with Gasteiger partial charge in [-0.1, -0.05) is 0 Å². The molecule has 6 heteroatoms. The van der Waals surface area contributed by atoms with Crippen molar-refractivity contribution >= 4 is 10.8 Å². The average Bonchev–Trinajstić information content (AvgIpc) is 2.59. The summed E-state index contributed by atoms with van der Waals surface area (Å²) in [6.45, 7) is 0. The molecule has 24 heavy (non-hydrogen) atoms. The van der Waals surface area contributed by atoms with Gasteiger partial charge in [0.2, 0.25) is 0 Å². The lowest BCUT2D eigenvalue weighted by atomic mass is 10.1. The topological polar surface area (TPSA) is 78.1 Å². The number of hydrogen-bond donors (Lipinski definition) is 1. The van der Waals surface area contributed by atoms with Crippen LogP contribution in [0.2, 0.25) is 0 Å². The highest BCUT2D eigenvalue weighted by molar-refractivity contribution is 5.90. The normalized spacial score (nSPS) is 10.6. The monoisotopic (exact) mass is 328 g/mol. The fraction of sp³-hybridized carbons (Fsp3) is 0.167. The van der Waals surface area contributed by atoms with E-state index >= 15 is 0 Å². The summed E-state index contributed by atoms with van der Waals surface area (Å²) in [5.41, 5.74) is 0.100. The maximum atomic E-state index is 12.4. The van der Waals surface area contributed by atoms with Gasteiger partial charge in [-0.05, 0) is 30.3 Å². The van der Waals surface area contributed by atoms with Crippen molar-refractivity contribution in [1.82, 2.24) is 0 Å². The Morgan fingerprint density at radius 1 is 0.875 bits per heavy atom. The first-order chi connectivity index (χ1) is 11.6. The second-order valence-corrected chi connectivity index (χ2v) is 5.08. The van der Waals surface area contributed by atoms with Crippen molar-refractivity contribution in [2.45, 2.75) is 0 Å². The van der Waals surface area contributed by atoms with E-state index in [4.69, 9.17) is 18.6 Å². The molecule has 0 saturated heterocycles. The highest BCUT2D eigenvalue weighted by Crippen LogP contribution is 2.34. The predicted octanol–water partition coefficient (Wildman–Crippen LogP) is 3.19. The molecule has 0 aliphatic rings. The largest absolute Gasteiger partial charge is 0.508 e. The summed E-state index contributed by atoms with van der Waals surface area (Å²) in [5.74, 6) is 1.71. The van der Waals surface area contributed by atoms with Crippen LogP contribution in [0.25, 0.3) is 22.1 Å². The van der Waals surface area contributed by atoms with Gasteiger partial charge in [-0.3, -0.25) is 0 Å². The van der Waals surface area contributed by atoms with E-state index in [1.165, 1.54) is 26.4 Å². The molecule has 1 aromatic heterocycles. The second kappa shape index (κ2) is 6.16. The summed E-state index contributed by atoms with van der Waals surface area (Å²) < 4.78 is 21.0. The lowest BCUT2D eigenvalue weighted by Gasteiger charge is -2.10. The molecule has 0 atom stereocenters. The van der Waals surface area contributed by atoms with Crippen molar-refractivity contribution in [1.29, 1.82) is 0 Å². The first-order valence-electron chi connectivity index (χ1n) is 7.14. The predicted molar refractivity (Wildman–Crippen MR) is 89.2 cm³/mol. The number of benzene rings is 2. The van der Waals surface area contributed by atoms with Gasteiger partial charge in [0.15, 0.2) is 11.5 Å². The van der Waals surface area contributed by atoms with E-state index in [1.54, 1.807) is 31.4 Å².